The number of benzene rings is 1. The van der Waals surface area contributed by atoms with Crippen molar-refractivity contribution >= 4 is 46.0 Å². The topological polar surface area (TPSA) is 85.6 Å². The molecule has 0 aliphatic carbocycles. The zero-order valence-corrected chi connectivity index (χ0v) is 15.5. The maximum Gasteiger partial charge on any atom is 0.234 e. The molecule has 0 unspecified atom stereocenters. The molecule has 1 aromatic carbocycles. The number of rotatable bonds is 5. The van der Waals surface area contributed by atoms with Crippen LogP contribution in [0.15, 0.2) is 66.2 Å². The van der Waals surface area contributed by atoms with E-state index in [4.69, 9.17) is 11.6 Å². The van der Waals surface area contributed by atoms with Gasteiger partial charge in [-0.3, -0.25) is 4.79 Å². The van der Waals surface area contributed by atoms with Crippen LogP contribution in [0.3, 0.4) is 0 Å². The number of fused-ring (bicyclic) bond motifs is 1. The number of anilines is 1. The van der Waals surface area contributed by atoms with Crippen LogP contribution in [0.2, 0.25) is 5.15 Å². The molecule has 3 heterocycles. The first-order valence-corrected chi connectivity index (χ1v) is 9.36. The smallest absolute Gasteiger partial charge is 0.234 e. The molecule has 4 rings (SSSR count). The summed E-state index contributed by atoms with van der Waals surface area (Å²) in [6.45, 7) is 0. The largest absolute Gasteiger partial charge is 0.323 e. The van der Waals surface area contributed by atoms with Crippen molar-refractivity contribution in [1.29, 1.82) is 0 Å². The fraction of sp³-hybridized carbons (Fsp3) is 0.0556. The molecule has 4 aromatic rings. The number of nitrogens with one attached hydrogen (secondary N) is 1. The molecular weight excluding hydrogens is 384 g/mol. The summed E-state index contributed by atoms with van der Waals surface area (Å²) in [5.74, 6) is -0.0227. The second-order valence-electron chi connectivity index (χ2n) is 5.49. The number of thioether (sulfide) groups is 1. The SMILES string of the molecule is O=C(CSc1ncnc2c1cnn2-c1ccccc1)Nc1cccnc1Cl. The Morgan fingerprint density at radius 2 is 1.96 bits per heavy atom. The normalized spacial score (nSPS) is 10.9. The maximum absolute atomic E-state index is 12.2. The van der Waals surface area contributed by atoms with Gasteiger partial charge >= 0.3 is 0 Å². The Labute approximate surface area is 163 Å². The van der Waals surface area contributed by atoms with Crippen LogP contribution in [0.25, 0.3) is 16.7 Å². The molecule has 9 heteroatoms. The minimum Gasteiger partial charge on any atom is -0.323 e. The van der Waals surface area contributed by atoms with Crippen LogP contribution < -0.4 is 5.32 Å². The Morgan fingerprint density at radius 3 is 2.78 bits per heavy atom. The third kappa shape index (κ3) is 3.76. The fourth-order valence-corrected chi connectivity index (χ4v) is 3.42. The Bertz CT molecular complexity index is 1100. The van der Waals surface area contributed by atoms with E-state index in [9.17, 15) is 4.79 Å². The number of hydrogen-bond donors (Lipinski definition) is 1. The Hall–Kier alpha value is -2.97. The van der Waals surface area contributed by atoms with E-state index in [0.29, 0.717) is 16.4 Å². The molecule has 1 amide bonds. The van der Waals surface area contributed by atoms with Gasteiger partial charge in [0.1, 0.15) is 11.4 Å². The van der Waals surface area contributed by atoms with E-state index in [-0.39, 0.29) is 16.8 Å². The number of para-hydroxylation sites is 1. The first kappa shape index (κ1) is 17.4. The van der Waals surface area contributed by atoms with Crippen molar-refractivity contribution in [3.63, 3.8) is 0 Å². The first-order valence-electron chi connectivity index (χ1n) is 7.99. The van der Waals surface area contributed by atoms with Gasteiger partial charge in [-0.1, -0.05) is 41.6 Å². The summed E-state index contributed by atoms with van der Waals surface area (Å²) < 4.78 is 1.75. The average Bonchev–Trinajstić information content (AvgIpc) is 3.13. The first-order chi connectivity index (χ1) is 13.2. The number of hydrogen-bond acceptors (Lipinski definition) is 6. The van der Waals surface area contributed by atoms with Crippen molar-refractivity contribution < 1.29 is 4.79 Å². The van der Waals surface area contributed by atoms with Crippen LogP contribution in [-0.4, -0.2) is 36.4 Å². The summed E-state index contributed by atoms with van der Waals surface area (Å²) >= 11 is 7.27. The molecule has 0 aliphatic rings. The second kappa shape index (κ2) is 7.73. The molecule has 7 nitrogen and oxygen atoms in total. The Balaban J connectivity index is 1.52. The lowest BCUT2D eigenvalue weighted by atomic mass is 10.3. The molecule has 3 aromatic heterocycles. The van der Waals surface area contributed by atoms with Crippen LogP contribution in [0.4, 0.5) is 5.69 Å². The monoisotopic (exact) mass is 396 g/mol. The van der Waals surface area contributed by atoms with Gasteiger partial charge in [0.15, 0.2) is 10.8 Å². The van der Waals surface area contributed by atoms with Gasteiger partial charge in [-0.25, -0.2) is 19.6 Å². The van der Waals surface area contributed by atoms with E-state index < -0.39 is 0 Å². The predicted octanol–water partition coefficient (Wildman–Crippen LogP) is 3.59. The van der Waals surface area contributed by atoms with Gasteiger partial charge in [-0.15, -0.1) is 0 Å². The Kier molecular flexibility index (Phi) is 4.99. The van der Waals surface area contributed by atoms with Crippen LogP contribution >= 0.6 is 23.4 Å². The second-order valence-corrected chi connectivity index (χ2v) is 6.81. The molecule has 0 spiro atoms. The predicted molar refractivity (Wildman–Crippen MR) is 105 cm³/mol. The summed E-state index contributed by atoms with van der Waals surface area (Å²) in [5, 5.41) is 8.88. The van der Waals surface area contributed by atoms with Crippen molar-refractivity contribution in [3.8, 4) is 5.69 Å². The van der Waals surface area contributed by atoms with Crippen molar-refractivity contribution in [3.05, 3.63) is 66.3 Å². The van der Waals surface area contributed by atoms with E-state index in [2.05, 4.69) is 25.4 Å². The van der Waals surface area contributed by atoms with Gasteiger partial charge in [0.05, 0.1) is 28.7 Å². The highest BCUT2D eigenvalue weighted by Crippen LogP contribution is 2.26. The molecule has 134 valence electrons. The summed E-state index contributed by atoms with van der Waals surface area (Å²) in [6.07, 6.45) is 4.75. The molecule has 0 saturated carbocycles. The van der Waals surface area contributed by atoms with E-state index >= 15 is 0 Å². The van der Waals surface area contributed by atoms with Crippen LogP contribution in [0.1, 0.15) is 0 Å². The highest BCUT2D eigenvalue weighted by atomic mass is 35.5. The van der Waals surface area contributed by atoms with Crippen LogP contribution in [-0.2, 0) is 4.79 Å². The van der Waals surface area contributed by atoms with Crippen molar-refractivity contribution in [2.24, 2.45) is 0 Å². The number of carbonyl (C=O) groups excluding carboxylic acids is 1. The number of aromatic nitrogens is 5. The van der Waals surface area contributed by atoms with Crippen LogP contribution in [0.5, 0.6) is 0 Å². The lowest BCUT2D eigenvalue weighted by Gasteiger charge is -2.06. The highest BCUT2D eigenvalue weighted by Gasteiger charge is 2.13. The van der Waals surface area contributed by atoms with Crippen LogP contribution in [0, 0.1) is 0 Å². The highest BCUT2D eigenvalue weighted by molar-refractivity contribution is 8.00. The molecular formula is C18H13ClN6OS. The molecule has 1 N–H and O–H groups in total. The quantitative estimate of drug-likeness (QED) is 0.315. The lowest BCUT2D eigenvalue weighted by molar-refractivity contribution is -0.113. The van der Waals surface area contributed by atoms with Gasteiger partial charge in [-0.05, 0) is 24.3 Å². The molecule has 0 atom stereocenters. The number of nitrogens with zero attached hydrogens (tertiary/aromatic N) is 5. The maximum atomic E-state index is 12.2. The average molecular weight is 397 g/mol. The summed E-state index contributed by atoms with van der Waals surface area (Å²) in [5.41, 5.74) is 2.08. The molecule has 27 heavy (non-hydrogen) atoms. The van der Waals surface area contributed by atoms with Gasteiger partial charge in [0, 0.05) is 6.20 Å². The summed E-state index contributed by atoms with van der Waals surface area (Å²) in [4.78, 5) is 24.8. The Morgan fingerprint density at radius 1 is 1.11 bits per heavy atom. The minimum atomic E-state index is -0.197. The zero-order valence-electron chi connectivity index (χ0n) is 13.9. The minimum absolute atomic E-state index is 0.174. The van der Waals surface area contributed by atoms with E-state index in [1.807, 2.05) is 30.3 Å². The van der Waals surface area contributed by atoms with Crippen molar-refractivity contribution in [2.75, 3.05) is 11.1 Å². The van der Waals surface area contributed by atoms with E-state index in [0.717, 1.165) is 11.1 Å². The van der Waals surface area contributed by atoms with Crippen molar-refractivity contribution in [1.82, 2.24) is 24.7 Å². The third-order valence-electron chi connectivity index (χ3n) is 3.70. The molecule has 0 bridgehead atoms. The van der Waals surface area contributed by atoms with Crippen molar-refractivity contribution in [2.45, 2.75) is 5.03 Å². The third-order valence-corrected chi connectivity index (χ3v) is 5.01. The fourth-order valence-electron chi connectivity index (χ4n) is 2.50. The number of pyridine rings is 1. The van der Waals surface area contributed by atoms with Gasteiger partial charge in [-0.2, -0.15) is 5.10 Å². The number of carbonyl (C=O) groups is 1. The summed E-state index contributed by atoms with van der Waals surface area (Å²) in [6, 6.07) is 13.1. The van der Waals surface area contributed by atoms with Gasteiger partial charge in [0.25, 0.3) is 0 Å². The van der Waals surface area contributed by atoms with Gasteiger partial charge < -0.3 is 5.32 Å². The zero-order chi connectivity index (χ0) is 18.6. The number of halogens is 1. The molecule has 0 radical (unpaired) electrons. The lowest BCUT2D eigenvalue weighted by Crippen LogP contribution is -2.14. The molecule has 0 saturated heterocycles. The van der Waals surface area contributed by atoms with Gasteiger partial charge in [0.2, 0.25) is 5.91 Å². The molecule has 0 fully saturated rings. The van der Waals surface area contributed by atoms with E-state index in [1.54, 1.807) is 29.2 Å². The molecule has 0 aliphatic heterocycles. The van der Waals surface area contributed by atoms with E-state index in [1.165, 1.54) is 18.1 Å². The summed E-state index contributed by atoms with van der Waals surface area (Å²) in [7, 11) is 0. The standard InChI is InChI=1S/C18H13ClN6OS/c19-16-14(7-4-8-20-16)24-15(26)10-27-18-13-9-23-25(17(13)21-11-22-18)12-5-2-1-3-6-12/h1-9,11H,10H2,(H,24,26). The number of amides is 1.